The number of benzene rings is 1. The van der Waals surface area contributed by atoms with E-state index < -0.39 is 28.6 Å². The summed E-state index contributed by atoms with van der Waals surface area (Å²) in [6, 6.07) is 2.82. The number of carbonyl (C=O) groups excluding carboxylic acids is 1. The largest absolute Gasteiger partial charge is 0.388 e. The fourth-order valence-electron chi connectivity index (χ4n) is 1.44. The van der Waals surface area contributed by atoms with E-state index in [9.17, 15) is 29.5 Å². The summed E-state index contributed by atoms with van der Waals surface area (Å²) in [4.78, 5) is 20.2. The second kappa shape index (κ2) is 6.21. The van der Waals surface area contributed by atoms with Crippen LogP contribution in [0.5, 0.6) is 0 Å². The maximum absolute atomic E-state index is 13.3. The van der Waals surface area contributed by atoms with Gasteiger partial charge in [0.2, 0.25) is 11.7 Å². The summed E-state index contributed by atoms with van der Waals surface area (Å²) < 4.78 is 13.3. The Labute approximate surface area is 107 Å². The Morgan fingerprint density at radius 2 is 2.16 bits per heavy atom. The number of aliphatic hydroxyl groups is 2. The molecule has 0 aliphatic carbocycles. The van der Waals surface area contributed by atoms with E-state index in [1.807, 2.05) is 0 Å². The number of nitro groups is 1. The third kappa shape index (κ3) is 3.97. The third-order valence-corrected chi connectivity index (χ3v) is 2.43. The quantitative estimate of drug-likeness (QED) is 0.526. The van der Waals surface area contributed by atoms with Crippen molar-refractivity contribution in [3.05, 3.63) is 39.7 Å². The minimum absolute atomic E-state index is 0.0130. The number of carbonyl (C=O) groups is 1. The zero-order valence-electron chi connectivity index (χ0n) is 10.0. The first kappa shape index (κ1) is 15.0. The van der Waals surface area contributed by atoms with Crippen molar-refractivity contribution < 1.29 is 24.3 Å². The van der Waals surface area contributed by atoms with Gasteiger partial charge in [-0.1, -0.05) is 0 Å². The molecule has 0 aromatic heterocycles. The molecule has 0 spiro atoms. The molecule has 1 aromatic carbocycles. The molecule has 0 aliphatic heterocycles. The molecule has 0 saturated carbocycles. The summed E-state index contributed by atoms with van der Waals surface area (Å²) in [5.74, 6) is -1.49. The maximum atomic E-state index is 13.3. The molecule has 0 aliphatic rings. The molecule has 104 valence electrons. The zero-order chi connectivity index (χ0) is 14.6. The summed E-state index contributed by atoms with van der Waals surface area (Å²) >= 11 is 0. The number of amides is 1. The van der Waals surface area contributed by atoms with Crippen molar-refractivity contribution in [1.82, 2.24) is 5.32 Å². The van der Waals surface area contributed by atoms with Crippen LogP contribution in [0.15, 0.2) is 18.2 Å². The molecule has 19 heavy (non-hydrogen) atoms. The van der Waals surface area contributed by atoms with Crippen LogP contribution in [0, 0.1) is 15.9 Å². The highest BCUT2D eigenvalue weighted by Gasteiger charge is 2.22. The number of nitrogens with one attached hydrogen (secondary N) is 1. The normalized spacial score (nSPS) is 13.7. The van der Waals surface area contributed by atoms with Crippen LogP contribution in [-0.4, -0.2) is 33.7 Å². The number of hydrogen-bond acceptors (Lipinski definition) is 5. The topological polar surface area (TPSA) is 113 Å². The SMILES string of the molecule is CC(=O)NCC(O)C(O)c1ccc([N+](=O)[O-])c(F)c1. The van der Waals surface area contributed by atoms with E-state index in [1.54, 1.807) is 0 Å². The summed E-state index contributed by atoms with van der Waals surface area (Å²) in [5.41, 5.74) is -0.728. The number of hydrogen-bond donors (Lipinski definition) is 3. The van der Waals surface area contributed by atoms with Crippen LogP contribution in [0.4, 0.5) is 10.1 Å². The van der Waals surface area contributed by atoms with E-state index in [1.165, 1.54) is 6.92 Å². The van der Waals surface area contributed by atoms with Gasteiger partial charge in [0, 0.05) is 19.5 Å². The fourth-order valence-corrected chi connectivity index (χ4v) is 1.44. The summed E-state index contributed by atoms with van der Waals surface area (Å²) in [5, 5.41) is 32.0. The highest BCUT2D eigenvalue weighted by atomic mass is 19.1. The van der Waals surface area contributed by atoms with Crippen LogP contribution in [0.3, 0.4) is 0 Å². The Morgan fingerprint density at radius 3 is 2.63 bits per heavy atom. The molecule has 1 amide bonds. The van der Waals surface area contributed by atoms with E-state index in [4.69, 9.17) is 0 Å². The van der Waals surface area contributed by atoms with Crippen molar-refractivity contribution in [2.24, 2.45) is 0 Å². The van der Waals surface area contributed by atoms with Crippen LogP contribution in [-0.2, 0) is 4.79 Å². The number of nitro benzene ring substituents is 1. The lowest BCUT2D eigenvalue weighted by Crippen LogP contribution is -2.34. The Morgan fingerprint density at radius 1 is 1.53 bits per heavy atom. The zero-order valence-corrected chi connectivity index (χ0v) is 10.0. The van der Waals surface area contributed by atoms with Gasteiger partial charge in [-0.3, -0.25) is 14.9 Å². The molecular weight excluding hydrogens is 259 g/mol. The molecule has 8 heteroatoms. The minimum Gasteiger partial charge on any atom is -0.388 e. The lowest BCUT2D eigenvalue weighted by atomic mass is 10.0. The smallest absolute Gasteiger partial charge is 0.304 e. The standard InChI is InChI=1S/C11H13FN2O5/c1-6(15)13-5-10(16)11(17)7-2-3-9(14(18)19)8(12)4-7/h2-4,10-11,16-17H,5H2,1H3,(H,13,15). The average molecular weight is 272 g/mol. The van der Waals surface area contributed by atoms with Crippen LogP contribution in [0.1, 0.15) is 18.6 Å². The molecule has 2 atom stereocenters. The van der Waals surface area contributed by atoms with E-state index >= 15 is 0 Å². The van der Waals surface area contributed by atoms with Crippen molar-refractivity contribution >= 4 is 11.6 Å². The van der Waals surface area contributed by atoms with Gasteiger partial charge in [-0.15, -0.1) is 0 Å². The van der Waals surface area contributed by atoms with Crippen LogP contribution >= 0.6 is 0 Å². The van der Waals surface area contributed by atoms with Gasteiger partial charge in [0.1, 0.15) is 12.2 Å². The average Bonchev–Trinajstić information content (AvgIpc) is 2.34. The van der Waals surface area contributed by atoms with Crippen molar-refractivity contribution in [2.75, 3.05) is 6.54 Å². The molecule has 1 aromatic rings. The highest BCUT2D eigenvalue weighted by molar-refractivity contribution is 5.72. The fraction of sp³-hybridized carbons (Fsp3) is 0.364. The van der Waals surface area contributed by atoms with Gasteiger partial charge in [-0.2, -0.15) is 4.39 Å². The Bertz CT molecular complexity index is 494. The van der Waals surface area contributed by atoms with Crippen LogP contribution in [0.25, 0.3) is 0 Å². The van der Waals surface area contributed by atoms with Crippen molar-refractivity contribution in [3.8, 4) is 0 Å². The summed E-state index contributed by atoms with van der Waals surface area (Å²) in [7, 11) is 0. The first-order valence-electron chi connectivity index (χ1n) is 5.37. The molecule has 7 nitrogen and oxygen atoms in total. The second-order valence-corrected chi connectivity index (χ2v) is 3.92. The molecule has 0 heterocycles. The van der Waals surface area contributed by atoms with E-state index in [0.29, 0.717) is 0 Å². The predicted octanol–water partition coefficient (Wildman–Crippen LogP) is 0.264. The van der Waals surface area contributed by atoms with Crippen molar-refractivity contribution in [2.45, 2.75) is 19.1 Å². The van der Waals surface area contributed by atoms with Crippen molar-refractivity contribution in [3.63, 3.8) is 0 Å². The molecule has 3 N–H and O–H groups in total. The maximum Gasteiger partial charge on any atom is 0.304 e. The summed E-state index contributed by atoms with van der Waals surface area (Å²) in [6.45, 7) is 1.03. The van der Waals surface area contributed by atoms with E-state index in [0.717, 1.165) is 18.2 Å². The molecule has 1 rings (SSSR count). The number of rotatable bonds is 5. The monoisotopic (exact) mass is 272 g/mol. The lowest BCUT2D eigenvalue weighted by molar-refractivity contribution is -0.387. The van der Waals surface area contributed by atoms with Gasteiger partial charge in [0.15, 0.2) is 0 Å². The summed E-state index contributed by atoms with van der Waals surface area (Å²) in [6.07, 6.45) is -2.80. The molecule has 0 radical (unpaired) electrons. The van der Waals surface area contributed by atoms with Gasteiger partial charge >= 0.3 is 5.69 Å². The molecule has 0 saturated heterocycles. The Hall–Kier alpha value is -2.06. The van der Waals surface area contributed by atoms with Crippen LogP contribution < -0.4 is 5.32 Å². The highest BCUT2D eigenvalue weighted by Crippen LogP contribution is 2.23. The van der Waals surface area contributed by atoms with Crippen LogP contribution in [0.2, 0.25) is 0 Å². The molecule has 0 fully saturated rings. The number of aliphatic hydroxyl groups excluding tert-OH is 2. The van der Waals surface area contributed by atoms with Gasteiger partial charge in [-0.25, -0.2) is 0 Å². The van der Waals surface area contributed by atoms with Gasteiger partial charge < -0.3 is 15.5 Å². The van der Waals surface area contributed by atoms with Gasteiger partial charge in [0.25, 0.3) is 0 Å². The van der Waals surface area contributed by atoms with Gasteiger partial charge in [0.05, 0.1) is 4.92 Å². The minimum atomic E-state index is -1.46. The number of halogens is 1. The predicted molar refractivity (Wildman–Crippen MR) is 62.7 cm³/mol. The van der Waals surface area contributed by atoms with Crippen molar-refractivity contribution in [1.29, 1.82) is 0 Å². The van der Waals surface area contributed by atoms with E-state index in [2.05, 4.69) is 5.32 Å². The Balaban J connectivity index is 2.82. The first-order valence-corrected chi connectivity index (χ1v) is 5.37. The molecule has 0 bridgehead atoms. The lowest BCUT2D eigenvalue weighted by Gasteiger charge is -2.18. The van der Waals surface area contributed by atoms with E-state index in [-0.39, 0.29) is 18.0 Å². The molecule has 2 unspecified atom stereocenters. The Kier molecular flexibility index (Phi) is 4.90. The number of nitrogens with zero attached hydrogens (tertiary/aromatic N) is 1. The molecular formula is C11H13FN2O5. The van der Waals surface area contributed by atoms with Gasteiger partial charge in [-0.05, 0) is 17.7 Å². The second-order valence-electron chi connectivity index (χ2n) is 3.92. The third-order valence-electron chi connectivity index (χ3n) is 2.43. The first-order chi connectivity index (χ1) is 8.82.